The lowest BCUT2D eigenvalue weighted by Crippen LogP contribution is -2.12. The minimum Gasteiger partial charge on any atom is -0.464 e. The Morgan fingerprint density at radius 2 is 2.14 bits per heavy atom. The van der Waals surface area contributed by atoms with Crippen molar-refractivity contribution in [1.82, 2.24) is 24.7 Å². The highest BCUT2D eigenvalue weighted by Crippen LogP contribution is 2.20. The Morgan fingerprint density at radius 3 is 2.81 bits per heavy atom. The lowest BCUT2D eigenvalue weighted by atomic mass is 10.2. The molecule has 0 fully saturated rings. The molecule has 7 nitrogen and oxygen atoms in total. The van der Waals surface area contributed by atoms with Gasteiger partial charge < -0.3 is 9.73 Å². The molecule has 1 unspecified atom stereocenters. The number of anilines is 1. The summed E-state index contributed by atoms with van der Waals surface area (Å²) in [6, 6.07) is 5.49. The third-order valence-electron chi connectivity index (χ3n) is 2.84. The molecule has 3 heterocycles. The lowest BCUT2D eigenvalue weighted by molar-refractivity contribution is 0.466. The molecule has 0 saturated carbocycles. The molecule has 0 amide bonds. The third kappa shape index (κ3) is 3.03. The first-order valence-electron chi connectivity index (χ1n) is 6.36. The van der Waals surface area contributed by atoms with Crippen LogP contribution in [0.4, 0.5) is 5.95 Å². The van der Waals surface area contributed by atoms with Gasteiger partial charge in [0, 0.05) is 12.4 Å². The van der Waals surface area contributed by atoms with E-state index >= 15 is 0 Å². The molecule has 0 aliphatic rings. The molecule has 0 saturated heterocycles. The van der Waals surface area contributed by atoms with E-state index in [9.17, 15) is 0 Å². The second kappa shape index (κ2) is 5.53. The van der Waals surface area contributed by atoms with E-state index in [1.165, 1.54) is 4.68 Å². The van der Waals surface area contributed by atoms with Gasteiger partial charge in [-0.15, -0.1) is 0 Å². The van der Waals surface area contributed by atoms with E-state index in [0.717, 1.165) is 11.5 Å². The Morgan fingerprint density at radius 1 is 1.29 bits per heavy atom. The van der Waals surface area contributed by atoms with Crippen molar-refractivity contribution in [3.05, 3.63) is 47.4 Å². The Kier molecular flexibility index (Phi) is 3.57. The van der Waals surface area contributed by atoms with Crippen LogP contribution in [-0.2, 0) is 0 Å². The van der Waals surface area contributed by atoms with Crippen molar-refractivity contribution in [2.75, 3.05) is 5.32 Å². The van der Waals surface area contributed by atoms with Crippen LogP contribution < -0.4 is 5.32 Å². The monoisotopic (exact) mass is 304 g/mol. The summed E-state index contributed by atoms with van der Waals surface area (Å²) >= 11 is 5.93. The second-order valence-electron chi connectivity index (χ2n) is 4.49. The summed E-state index contributed by atoms with van der Waals surface area (Å²) in [5, 5.41) is 7.30. The predicted octanol–water partition coefficient (Wildman–Crippen LogP) is 2.79. The lowest BCUT2D eigenvalue weighted by Gasteiger charge is -2.12. The van der Waals surface area contributed by atoms with Gasteiger partial charge in [0.1, 0.15) is 11.5 Å². The van der Waals surface area contributed by atoms with Crippen molar-refractivity contribution in [2.24, 2.45) is 0 Å². The minimum atomic E-state index is -0.0948. The molecular formula is C13H13ClN6O. The Bertz CT molecular complexity index is 739. The molecule has 0 spiro atoms. The number of hydrogen-bond donors (Lipinski definition) is 1. The van der Waals surface area contributed by atoms with E-state index in [0.29, 0.717) is 11.9 Å². The molecular weight excluding hydrogens is 292 g/mol. The number of halogens is 1. The number of nitrogens with zero attached hydrogens (tertiary/aromatic N) is 5. The van der Waals surface area contributed by atoms with Gasteiger partial charge in [0.15, 0.2) is 0 Å². The molecule has 0 bridgehead atoms. The number of nitrogens with one attached hydrogen (secondary N) is 1. The van der Waals surface area contributed by atoms with Crippen LogP contribution in [0.1, 0.15) is 24.5 Å². The molecule has 0 aromatic carbocycles. The fourth-order valence-electron chi connectivity index (χ4n) is 1.84. The van der Waals surface area contributed by atoms with Gasteiger partial charge in [-0.1, -0.05) is 0 Å². The summed E-state index contributed by atoms with van der Waals surface area (Å²) in [7, 11) is 0. The SMILES string of the molecule is Cc1ccc(C(C)Nc2nc(Cl)nc(-n3cccn3)n2)o1. The smallest absolute Gasteiger partial charge is 0.256 e. The molecule has 0 aliphatic heterocycles. The Hall–Kier alpha value is -2.41. The summed E-state index contributed by atoms with van der Waals surface area (Å²) in [5.41, 5.74) is 0. The van der Waals surface area contributed by atoms with Gasteiger partial charge in [0.2, 0.25) is 11.2 Å². The van der Waals surface area contributed by atoms with E-state index in [2.05, 4.69) is 25.4 Å². The number of rotatable bonds is 4. The first kappa shape index (κ1) is 13.6. The average Bonchev–Trinajstić information content (AvgIpc) is 3.08. The number of furan rings is 1. The molecule has 0 aliphatic carbocycles. The normalized spacial score (nSPS) is 12.3. The highest BCUT2D eigenvalue weighted by molar-refractivity contribution is 6.28. The van der Waals surface area contributed by atoms with Gasteiger partial charge >= 0.3 is 0 Å². The van der Waals surface area contributed by atoms with Gasteiger partial charge in [0.05, 0.1) is 6.04 Å². The van der Waals surface area contributed by atoms with E-state index in [1.54, 1.807) is 18.5 Å². The highest BCUT2D eigenvalue weighted by Gasteiger charge is 2.13. The van der Waals surface area contributed by atoms with Gasteiger partial charge in [0.25, 0.3) is 5.95 Å². The van der Waals surface area contributed by atoms with E-state index in [-0.39, 0.29) is 11.3 Å². The van der Waals surface area contributed by atoms with E-state index < -0.39 is 0 Å². The third-order valence-corrected chi connectivity index (χ3v) is 3.01. The van der Waals surface area contributed by atoms with Gasteiger partial charge in [-0.25, -0.2) is 4.68 Å². The zero-order chi connectivity index (χ0) is 14.8. The fraction of sp³-hybridized carbons (Fsp3) is 0.231. The van der Waals surface area contributed by atoms with Crippen LogP contribution in [0.3, 0.4) is 0 Å². The van der Waals surface area contributed by atoms with E-state index in [1.807, 2.05) is 26.0 Å². The Balaban J connectivity index is 1.85. The van der Waals surface area contributed by atoms with Crippen LogP contribution in [0, 0.1) is 6.92 Å². The summed E-state index contributed by atoms with van der Waals surface area (Å²) in [4.78, 5) is 12.4. The molecule has 1 atom stereocenters. The van der Waals surface area contributed by atoms with Crippen molar-refractivity contribution < 1.29 is 4.42 Å². The molecule has 3 rings (SSSR count). The molecule has 1 N–H and O–H groups in total. The van der Waals surface area contributed by atoms with Gasteiger partial charge in [-0.2, -0.15) is 20.1 Å². The zero-order valence-corrected chi connectivity index (χ0v) is 12.2. The molecule has 0 radical (unpaired) electrons. The first-order chi connectivity index (χ1) is 10.1. The molecule has 3 aromatic rings. The molecule has 108 valence electrons. The van der Waals surface area contributed by atoms with Crippen LogP contribution >= 0.6 is 11.6 Å². The maximum atomic E-state index is 5.93. The standard InChI is InChI=1S/C13H13ClN6O/c1-8-4-5-10(21-8)9(2)16-12-17-11(14)18-13(19-12)20-7-3-6-15-20/h3-7,9H,1-2H3,(H,16,17,18,19). The van der Waals surface area contributed by atoms with E-state index in [4.69, 9.17) is 16.0 Å². The number of aromatic nitrogens is 5. The van der Waals surface area contributed by atoms with Crippen LogP contribution in [0.2, 0.25) is 5.28 Å². The fourth-order valence-corrected chi connectivity index (χ4v) is 2.00. The summed E-state index contributed by atoms with van der Waals surface area (Å²) in [6.45, 7) is 3.84. The van der Waals surface area contributed by atoms with Crippen LogP contribution in [-0.4, -0.2) is 24.7 Å². The quantitative estimate of drug-likeness (QED) is 0.798. The van der Waals surface area contributed by atoms with Crippen LogP contribution in [0.15, 0.2) is 35.0 Å². The van der Waals surface area contributed by atoms with Crippen molar-refractivity contribution in [3.8, 4) is 5.95 Å². The first-order valence-corrected chi connectivity index (χ1v) is 6.74. The molecule has 3 aromatic heterocycles. The maximum Gasteiger partial charge on any atom is 0.256 e. The molecule has 21 heavy (non-hydrogen) atoms. The predicted molar refractivity (Wildman–Crippen MR) is 77.4 cm³/mol. The topological polar surface area (TPSA) is 81.7 Å². The highest BCUT2D eigenvalue weighted by atomic mass is 35.5. The molecule has 8 heteroatoms. The van der Waals surface area contributed by atoms with Crippen LogP contribution in [0.5, 0.6) is 0 Å². The van der Waals surface area contributed by atoms with Crippen molar-refractivity contribution in [2.45, 2.75) is 19.9 Å². The largest absolute Gasteiger partial charge is 0.464 e. The number of aryl methyl sites for hydroxylation is 1. The van der Waals surface area contributed by atoms with Crippen molar-refractivity contribution in [3.63, 3.8) is 0 Å². The van der Waals surface area contributed by atoms with Crippen molar-refractivity contribution >= 4 is 17.5 Å². The zero-order valence-electron chi connectivity index (χ0n) is 11.5. The summed E-state index contributed by atoms with van der Waals surface area (Å²) in [6.07, 6.45) is 3.37. The van der Waals surface area contributed by atoms with Crippen molar-refractivity contribution in [1.29, 1.82) is 0 Å². The summed E-state index contributed by atoms with van der Waals surface area (Å²) < 4.78 is 7.08. The maximum absolute atomic E-state index is 5.93. The number of hydrogen-bond acceptors (Lipinski definition) is 6. The summed E-state index contributed by atoms with van der Waals surface area (Å²) in [5.74, 6) is 2.36. The second-order valence-corrected chi connectivity index (χ2v) is 4.83. The average molecular weight is 305 g/mol. The Labute approximate surface area is 126 Å². The van der Waals surface area contributed by atoms with Gasteiger partial charge in [-0.05, 0) is 43.6 Å². The minimum absolute atomic E-state index is 0.0948. The van der Waals surface area contributed by atoms with Gasteiger partial charge in [-0.3, -0.25) is 0 Å². The van der Waals surface area contributed by atoms with Crippen LogP contribution in [0.25, 0.3) is 5.95 Å².